The summed E-state index contributed by atoms with van der Waals surface area (Å²) >= 11 is 0. The Hall–Kier alpha value is -4.27. The minimum Gasteiger partial charge on any atom is -0.457 e. The molecule has 38 heavy (non-hydrogen) atoms. The first-order chi connectivity index (χ1) is 18.3. The minimum absolute atomic E-state index is 0.0481. The predicted molar refractivity (Wildman–Crippen MR) is 149 cm³/mol. The second kappa shape index (κ2) is 12.3. The van der Waals surface area contributed by atoms with E-state index < -0.39 is 22.5 Å². The van der Waals surface area contributed by atoms with Gasteiger partial charge < -0.3 is 4.74 Å². The van der Waals surface area contributed by atoms with Crippen LogP contribution in [-0.2, 0) is 21.4 Å². The largest absolute Gasteiger partial charge is 0.457 e. The van der Waals surface area contributed by atoms with Crippen LogP contribution in [-0.4, -0.2) is 31.4 Å². The topological polar surface area (TPSA) is 88.1 Å². The highest BCUT2D eigenvalue weighted by Crippen LogP contribution is 2.22. The van der Waals surface area contributed by atoms with Crippen LogP contribution in [0.25, 0.3) is 0 Å². The second-order valence-electron chi connectivity index (χ2n) is 8.85. The van der Waals surface area contributed by atoms with Crippen LogP contribution in [0.15, 0.2) is 113 Å². The summed E-state index contributed by atoms with van der Waals surface area (Å²) in [6.45, 7) is 3.50. The van der Waals surface area contributed by atoms with Gasteiger partial charge in [0.05, 0.1) is 17.7 Å². The number of carbonyl (C=O) groups excluding carboxylic acids is 1. The van der Waals surface area contributed by atoms with Gasteiger partial charge in [-0.1, -0.05) is 77.9 Å². The van der Waals surface area contributed by atoms with Crippen molar-refractivity contribution in [3.8, 4) is 11.5 Å². The molecule has 0 atom stereocenters. The second-order valence-corrected chi connectivity index (χ2v) is 10.8. The number of carbonyl (C=O) groups is 1. The standard InChI is InChI=1S/C30H29N3O4S/c1-23-11-15-25(16-12-23)21-33(38(35,36)29-17-13-24(2)14-18-29)22-30(34)32-31-20-26-7-6-10-28(19-26)37-27-8-4-3-5-9-27/h3-20H,21-22H2,1-2H3,(H,32,34)/b31-20-. The molecule has 0 saturated heterocycles. The van der Waals surface area contributed by atoms with E-state index in [0.717, 1.165) is 21.0 Å². The number of hydrogen-bond acceptors (Lipinski definition) is 5. The van der Waals surface area contributed by atoms with Crippen molar-refractivity contribution in [2.75, 3.05) is 6.54 Å². The molecule has 0 aliphatic heterocycles. The first-order valence-corrected chi connectivity index (χ1v) is 13.5. The molecule has 0 fully saturated rings. The van der Waals surface area contributed by atoms with Gasteiger partial charge in [0.1, 0.15) is 11.5 Å². The van der Waals surface area contributed by atoms with Gasteiger partial charge in [-0.2, -0.15) is 9.41 Å². The number of para-hydroxylation sites is 1. The summed E-state index contributed by atoms with van der Waals surface area (Å²) in [5, 5.41) is 4.03. The molecule has 0 spiro atoms. The number of aryl methyl sites for hydroxylation is 2. The summed E-state index contributed by atoms with van der Waals surface area (Å²) in [7, 11) is -3.93. The van der Waals surface area contributed by atoms with Gasteiger partial charge in [-0.25, -0.2) is 13.8 Å². The lowest BCUT2D eigenvalue weighted by Gasteiger charge is -2.21. The van der Waals surface area contributed by atoms with Crippen molar-refractivity contribution in [3.63, 3.8) is 0 Å². The molecular formula is C30H29N3O4S. The van der Waals surface area contributed by atoms with Crippen LogP contribution in [0.3, 0.4) is 0 Å². The van der Waals surface area contributed by atoms with E-state index >= 15 is 0 Å². The third-order valence-corrected chi connectivity index (χ3v) is 7.50. The highest BCUT2D eigenvalue weighted by Gasteiger charge is 2.27. The van der Waals surface area contributed by atoms with Gasteiger partial charge in [0, 0.05) is 6.54 Å². The van der Waals surface area contributed by atoms with E-state index in [2.05, 4.69) is 10.5 Å². The van der Waals surface area contributed by atoms with Crippen LogP contribution in [0.1, 0.15) is 22.3 Å². The summed E-state index contributed by atoms with van der Waals surface area (Å²) in [4.78, 5) is 12.9. The highest BCUT2D eigenvalue weighted by atomic mass is 32.2. The Morgan fingerprint density at radius 1 is 0.842 bits per heavy atom. The number of hydrazone groups is 1. The van der Waals surface area contributed by atoms with Gasteiger partial charge in [-0.15, -0.1) is 0 Å². The number of benzene rings is 4. The Morgan fingerprint density at radius 3 is 2.16 bits per heavy atom. The summed E-state index contributed by atoms with van der Waals surface area (Å²) < 4.78 is 33.8. The molecule has 0 heterocycles. The SMILES string of the molecule is Cc1ccc(CN(CC(=O)N/N=C\c2cccc(Oc3ccccc3)c2)S(=O)(=O)c2ccc(C)cc2)cc1. The number of rotatable bonds is 10. The van der Waals surface area contributed by atoms with Gasteiger partial charge in [0.15, 0.2) is 0 Å². The molecule has 1 N–H and O–H groups in total. The Kier molecular flexibility index (Phi) is 8.68. The van der Waals surface area contributed by atoms with Crippen LogP contribution >= 0.6 is 0 Å². The molecular weight excluding hydrogens is 498 g/mol. The molecule has 4 aromatic carbocycles. The quantitative estimate of drug-likeness (QED) is 0.220. The zero-order chi connectivity index (χ0) is 27.0. The molecule has 194 valence electrons. The van der Waals surface area contributed by atoms with E-state index in [0.29, 0.717) is 17.1 Å². The van der Waals surface area contributed by atoms with Gasteiger partial charge in [-0.3, -0.25) is 4.79 Å². The zero-order valence-corrected chi connectivity index (χ0v) is 22.1. The van der Waals surface area contributed by atoms with E-state index in [1.165, 1.54) is 6.21 Å². The number of sulfonamides is 1. The van der Waals surface area contributed by atoms with E-state index in [1.54, 1.807) is 30.3 Å². The van der Waals surface area contributed by atoms with Crippen molar-refractivity contribution in [2.45, 2.75) is 25.3 Å². The lowest BCUT2D eigenvalue weighted by molar-refractivity contribution is -0.121. The average molecular weight is 528 g/mol. The van der Waals surface area contributed by atoms with Crippen molar-refractivity contribution in [1.29, 1.82) is 0 Å². The highest BCUT2D eigenvalue weighted by molar-refractivity contribution is 7.89. The third-order valence-electron chi connectivity index (χ3n) is 5.70. The van der Waals surface area contributed by atoms with Gasteiger partial charge in [0.2, 0.25) is 10.0 Å². The molecule has 4 aromatic rings. The summed E-state index contributed by atoms with van der Waals surface area (Å²) in [6.07, 6.45) is 1.48. The number of nitrogens with zero attached hydrogens (tertiary/aromatic N) is 2. The molecule has 4 rings (SSSR count). The predicted octanol–water partition coefficient (Wildman–Crippen LogP) is 5.44. The van der Waals surface area contributed by atoms with Crippen LogP contribution in [0.4, 0.5) is 0 Å². The Morgan fingerprint density at radius 2 is 1.47 bits per heavy atom. The number of amides is 1. The number of nitrogens with one attached hydrogen (secondary N) is 1. The zero-order valence-electron chi connectivity index (χ0n) is 21.2. The fourth-order valence-electron chi connectivity index (χ4n) is 3.64. The monoisotopic (exact) mass is 527 g/mol. The van der Waals surface area contributed by atoms with Crippen molar-refractivity contribution < 1.29 is 17.9 Å². The first-order valence-electron chi connectivity index (χ1n) is 12.1. The van der Waals surface area contributed by atoms with Crippen molar-refractivity contribution >= 4 is 22.1 Å². The average Bonchev–Trinajstić information content (AvgIpc) is 2.90. The molecule has 0 aliphatic carbocycles. The smallest absolute Gasteiger partial charge is 0.255 e. The lowest BCUT2D eigenvalue weighted by atomic mass is 10.1. The normalized spacial score (nSPS) is 11.6. The van der Waals surface area contributed by atoms with Crippen molar-refractivity contribution in [2.24, 2.45) is 5.10 Å². The van der Waals surface area contributed by atoms with E-state index in [1.807, 2.05) is 86.6 Å². The molecule has 8 heteroatoms. The Labute approximate surface area is 223 Å². The van der Waals surface area contributed by atoms with E-state index in [4.69, 9.17) is 4.74 Å². The number of hydrogen-bond donors (Lipinski definition) is 1. The summed E-state index contributed by atoms with van der Waals surface area (Å²) in [5.74, 6) is 0.777. The summed E-state index contributed by atoms with van der Waals surface area (Å²) in [6, 6.07) is 30.7. The fourth-order valence-corrected chi connectivity index (χ4v) is 5.02. The summed E-state index contributed by atoms with van der Waals surface area (Å²) in [5.41, 5.74) is 5.93. The third kappa shape index (κ3) is 7.38. The lowest BCUT2D eigenvalue weighted by Crippen LogP contribution is -2.39. The molecule has 7 nitrogen and oxygen atoms in total. The first kappa shape index (κ1) is 26.8. The van der Waals surface area contributed by atoms with Gasteiger partial charge in [0.25, 0.3) is 5.91 Å². The van der Waals surface area contributed by atoms with Crippen molar-refractivity contribution in [3.05, 3.63) is 125 Å². The Balaban J connectivity index is 1.45. The van der Waals surface area contributed by atoms with Crippen LogP contribution in [0.5, 0.6) is 11.5 Å². The molecule has 0 aromatic heterocycles. The molecule has 0 bridgehead atoms. The molecule has 0 unspecified atom stereocenters. The van der Waals surface area contributed by atoms with Gasteiger partial charge >= 0.3 is 0 Å². The van der Waals surface area contributed by atoms with E-state index in [9.17, 15) is 13.2 Å². The molecule has 0 aliphatic rings. The van der Waals surface area contributed by atoms with Crippen LogP contribution in [0.2, 0.25) is 0 Å². The Bertz CT molecular complexity index is 1500. The van der Waals surface area contributed by atoms with E-state index in [-0.39, 0.29) is 11.4 Å². The van der Waals surface area contributed by atoms with Crippen molar-refractivity contribution in [1.82, 2.24) is 9.73 Å². The molecule has 0 saturated carbocycles. The van der Waals surface area contributed by atoms with Crippen LogP contribution in [0, 0.1) is 13.8 Å². The molecule has 0 radical (unpaired) electrons. The maximum absolute atomic E-state index is 13.4. The van der Waals surface area contributed by atoms with Gasteiger partial charge in [-0.05, 0) is 61.4 Å². The van der Waals surface area contributed by atoms with Crippen LogP contribution < -0.4 is 10.2 Å². The maximum Gasteiger partial charge on any atom is 0.255 e. The minimum atomic E-state index is -3.93. The number of ether oxygens (including phenoxy) is 1. The maximum atomic E-state index is 13.4. The molecule has 1 amide bonds. The fraction of sp³-hybridized carbons (Fsp3) is 0.133.